The van der Waals surface area contributed by atoms with Crippen LogP contribution in [0.1, 0.15) is 0 Å². The maximum atomic E-state index is 7.12. The third kappa shape index (κ3) is 4.98. The number of furan rings is 1. The average molecular weight is 703 g/mol. The summed E-state index contributed by atoms with van der Waals surface area (Å²) in [6, 6.07) is 73.7. The van der Waals surface area contributed by atoms with Gasteiger partial charge in [0.25, 0.3) is 0 Å². The van der Waals surface area contributed by atoms with Crippen LogP contribution in [0.25, 0.3) is 82.5 Å². The van der Waals surface area contributed by atoms with E-state index in [-0.39, 0.29) is 0 Å². The van der Waals surface area contributed by atoms with Gasteiger partial charge in [-0.3, -0.25) is 0 Å². The fraction of sp³-hybridized carbons (Fsp3) is 0. The number of para-hydroxylation sites is 4. The Morgan fingerprint density at radius 3 is 1.84 bits per heavy atom. The fourth-order valence-electron chi connectivity index (χ4n) is 8.54. The van der Waals surface area contributed by atoms with E-state index in [0.717, 1.165) is 61.3 Å². The van der Waals surface area contributed by atoms with Crippen molar-refractivity contribution in [3.63, 3.8) is 0 Å². The molecule has 2 aromatic heterocycles. The molecular formula is C52H34N2O. The minimum absolute atomic E-state index is 0.864. The maximum Gasteiger partial charge on any atom is 0.145 e. The highest BCUT2D eigenvalue weighted by molar-refractivity contribution is 6.26. The van der Waals surface area contributed by atoms with E-state index in [1.54, 1.807) is 0 Å². The van der Waals surface area contributed by atoms with E-state index >= 15 is 0 Å². The molecule has 0 fully saturated rings. The highest BCUT2D eigenvalue weighted by atomic mass is 16.3. The van der Waals surface area contributed by atoms with Gasteiger partial charge in [0.05, 0.1) is 22.1 Å². The van der Waals surface area contributed by atoms with E-state index in [1.807, 2.05) is 0 Å². The number of rotatable bonds is 6. The van der Waals surface area contributed by atoms with Crippen LogP contribution in [0.4, 0.5) is 17.1 Å². The standard InChI is InChI=1S/C52H34N2O/c1-4-15-35(16-5-1)36-27-30-40(31-28-36)53(38-18-6-2-7-19-38)47-33-32-45(52-50(47)49-41-22-11-10-17-37(41)29-34-48(49)55-52)44-25-14-24-43-42-23-12-13-26-46(42)54(51(43)44)39-20-8-3-9-21-39/h1-34H. The normalized spacial score (nSPS) is 11.6. The second-order valence-electron chi connectivity index (χ2n) is 14.1. The summed E-state index contributed by atoms with van der Waals surface area (Å²) in [7, 11) is 0. The van der Waals surface area contributed by atoms with Gasteiger partial charge < -0.3 is 13.9 Å². The molecule has 0 aliphatic carbocycles. The molecule has 3 nitrogen and oxygen atoms in total. The Bertz CT molecular complexity index is 3180. The zero-order valence-corrected chi connectivity index (χ0v) is 29.9. The predicted octanol–water partition coefficient (Wildman–Crippen LogP) is 14.6. The molecule has 0 saturated heterocycles. The first-order valence-corrected chi connectivity index (χ1v) is 18.8. The van der Waals surface area contributed by atoms with Crippen molar-refractivity contribution in [3.05, 3.63) is 206 Å². The summed E-state index contributed by atoms with van der Waals surface area (Å²) in [5.41, 5.74) is 12.9. The summed E-state index contributed by atoms with van der Waals surface area (Å²) < 4.78 is 9.52. The van der Waals surface area contributed by atoms with E-state index in [4.69, 9.17) is 4.42 Å². The Kier molecular flexibility index (Phi) is 7.17. The van der Waals surface area contributed by atoms with Gasteiger partial charge in [-0.1, -0.05) is 146 Å². The Morgan fingerprint density at radius 1 is 0.400 bits per heavy atom. The lowest BCUT2D eigenvalue weighted by Gasteiger charge is -2.27. The Hall–Kier alpha value is -7.36. The molecule has 9 aromatic carbocycles. The summed E-state index contributed by atoms with van der Waals surface area (Å²) in [5.74, 6) is 0. The number of aromatic nitrogens is 1. The molecule has 0 unspecified atom stereocenters. The summed E-state index contributed by atoms with van der Waals surface area (Å²) >= 11 is 0. The van der Waals surface area contributed by atoms with Gasteiger partial charge in [0, 0.05) is 44.3 Å². The zero-order valence-electron chi connectivity index (χ0n) is 29.9. The summed E-state index contributed by atoms with van der Waals surface area (Å²) in [5, 5.41) is 6.98. The molecule has 0 bridgehead atoms. The molecule has 11 aromatic rings. The second kappa shape index (κ2) is 12.6. The SMILES string of the molecule is c1ccc(-c2ccc(N(c3ccccc3)c3ccc(-c4cccc5c6ccccc6n(-c6ccccc6)c45)c4oc5ccc6ccccc6c5c34)cc2)cc1. The molecule has 0 spiro atoms. The van der Waals surface area contributed by atoms with Gasteiger partial charge in [0.15, 0.2) is 0 Å². The van der Waals surface area contributed by atoms with Crippen LogP contribution in [0.15, 0.2) is 211 Å². The van der Waals surface area contributed by atoms with Crippen LogP contribution in [0.3, 0.4) is 0 Å². The van der Waals surface area contributed by atoms with Crippen molar-refractivity contribution in [2.24, 2.45) is 0 Å². The topological polar surface area (TPSA) is 21.3 Å². The zero-order chi connectivity index (χ0) is 36.3. The number of hydrogen-bond acceptors (Lipinski definition) is 2. The number of nitrogens with zero attached hydrogens (tertiary/aromatic N) is 2. The number of hydrogen-bond donors (Lipinski definition) is 0. The van der Waals surface area contributed by atoms with Crippen LogP contribution in [-0.2, 0) is 0 Å². The third-order valence-electron chi connectivity index (χ3n) is 11.0. The minimum Gasteiger partial charge on any atom is -0.455 e. The molecule has 0 N–H and O–H groups in total. The Labute approximate surface area is 318 Å². The highest BCUT2D eigenvalue weighted by Gasteiger charge is 2.25. The minimum atomic E-state index is 0.864. The van der Waals surface area contributed by atoms with Gasteiger partial charge in [-0.25, -0.2) is 0 Å². The quantitative estimate of drug-likeness (QED) is 0.172. The first-order valence-electron chi connectivity index (χ1n) is 18.8. The first kappa shape index (κ1) is 31.2. The first-order chi connectivity index (χ1) is 27.3. The van der Waals surface area contributed by atoms with Gasteiger partial charge >= 0.3 is 0 Å². The van der Waals surface area contributed by atoms with Gasteiger partial charge in [-0.15, -0.1) is 0 Å². The lowest BCUT2D eigenvalue weighted by Crippen LogP contribution is -2.10. The van der Waals surface area contributed by atoms with Gasteiger partial charge in [0.1, 0.15) is 11.2 Å². The molecule has 2 heterocycles. The lowest BCUT2D eigenvalue weighted by atomic mass is 9.96. The lowest BCUT2D eigenvalue weighted by molar-refractivity contribution is 0.670. The average Bonchev–Trinajstić information content (AvgIpc) is 3.83. The number of anilines is 3. The van der Waals surface area contributed by atoms with Crippen molar-refractivity contribution in [2.45, 2.75) is 0 Å². The van der Waals surface area contributed by atoms with Crippen LogP contribution < -0.4 is 4.90 Å². The Balaban J connectivity index is 1.24. The largest absolute Gasteiger partial charge is 0.455 e. The van der Waals surface area contributed by atoms with E-state index in [0.29, 0.717) is 0 Å². The van der Waals surface area contributed by atoms with Crippen molar-refractivity contribution in [1.29, 1.82) is 0 Å². The van der Waals surface area contributed by atoms with Gasteiger partial charge in [0.2, 0.25) is 0 Å². The molecule has 0 atom stereocenters. The summed E-state index contributed by atoms with van der Waals surface area (Å²) in [6.45, 7) is 0. The van der Waals surface area contributed by atoms with Crippen LogP contribution in [0.2, 0.25) is 0 Å². The molecular weight excluding hydrogens is 669 g/mol. The van der Waals surface area contributed by atoms with Crippen molar-refractivity contribution in [1.82, 2.24) is 4.57 Å². The van der Waals surface area contributed by atoms with Gasteiger partial charge in [-0.05, 0) is 82.6 Å². The maximum absolute atomic E-state index is 7.12. The smallest absolute Gasteiger partial charge is 0.145 e. The number of benzene rings is 9. The number of fused-ring (bicyclic) bond motifs is 8. The molecule has 3 heteroatoms. The highest BCUT2D eigenvalue weighted by Crippen LogP contribution is 2.49. The molecule has 0 aliphatic rings. The second-order valence-corrected chi connectivity index (χ2v) is 14.1. The molecule has 0 saturated carbocycles. The summed E-state index contributed by atoms with van der Waals surface area (Å²) in [4.78, 5) is 2.37. The van der Waals surface area contributed by atoms with E-state index in [9.17, 15) is 0 Å². The molecule has 55 heavy (non-hydrogen) atoms. The molecule has 11 rings (SSSR count). The third-order valence-corrected chi connectivity index (χ3v) is 11.0. The van der Waals surface area contributed by atoms with E-state index < -0.39 is 0 Å². The fourth-order valence-corrected chi connectivity index (χ4v) is 8.54. The van der Waals surface area contributed by atoms with Crippen LogP contribution in [0.5, 0.6) is 0 Å². The van der Waals surface area contributed by atoms with Crippen molar-refractivity contribution in [2.75, 3.05) is 4.90 Å². The van der Waals surface area contributed by atoms with Crippen LogP contribution in [-0.4, -0.2) is 4.57 Å². The van der Waals surface area contributed by atoms with E-state index in [2.05, 4.69) is 216 Å². The Morgan fingerprint density at radius 2 is 1.04 bits per heavy atom. The van der Waals surface area contributed by atoms with Crippen LogP contribution >= 0.6 is 0 Å². The monoisotopic (exact) mass is 702 g/mol. The van der Waals surface area contributed by atoms with Crippen molar-refractivity contribution in [3.8, 4) is 27.9 Å². The van der Waals surface area contributed by atoms with Gasteiger partial charge in [-0.2, -0.15) is 0 Å². The summed E-state index contributed by atoms with van der Waals surface area (Å²) in [6.07, 6.45) is 0. The molecule has 0 radical (unpaired) electrons. The predicted molar refractivity (Wildman–Crippen MR) is 231 cm³/mol. The van der Waals surface area contributed by atoms with E-state index in [1.165, 1.54) is 38.2 Å². The molecule has 0 aliphatic heterocycles. The van der Waals surface area contributed by atoms with Crippen LogP contribution in [0, 0.1) is 0 Å². The van der Waals surface area contributed by atoms with Crippen molar-refractivity contribution >= 4 is 71.6 Å². The molecule has 0 amide bonds. The van der Waals surface area contributed by atoms with Crippen molar-refractivity contribution < 1.29 is 4.42 Å². The molecule has 258 valence electrons.